The van der Waals surface area contributed by atoms with E-state index in [0.29, 0.717) is 19.6 Å². The van der Waals surface area contributed by atoms with Crippen LogP contribution in [0.3, 0.4) is 0 Å². The Morgan fingerprint density at radius 1 is 0.880 bits per heavy atom. The lowest BCUT2D eigenvalue weighted by Gasteiger charge is -2.39. The van der Waals surface area contributed by atoms with Crippen molar-refractivity contribution >= 4 is 23.8 Å². The SMILES string of the molecule is CCOC(=O)C=CC(=O)N1CCN(C(=O)C=CC(=O)OCC)C(C)C1. The largest absolute Gasteiger partial charge is 0.463 e. The maximum absolute atomic E-state index is 12.1. The van der Waals surface area contributed by atoms with Gasteiger partial charge in [-0.1, -0.05) is 0 Å². The van der Waals surface area contributed by atoms with Gasteiger partial charge in [-0.3, -0.25) is 9.59 Å². The second-order valence-corrected chi connectivity index (χ2v) is 5.34. The third-order valence-electron chi connectivity index (χ3n) is 3.52. The van der Waals surface area contributed by atoms with Crippen LogP contribution in [0.15, 0.2) is 24.3 Å². The normalized spacial score (nSPS) is 17.8. The molecule has 0 radical (unpaired) electrons. The summed E-state index contributed by atoms with van der Waals surface area (Å²) in [5.41, 5.74) is 0. The third-order valence-corrected chi connectivity index (χ3v) is 3.52. The zero-order chi connectivity index (χ0) is 18.8. The Morgan fingerprint density at radius 2 is 1.40 bits per heavy atom. The van der Waals surface area contributed by atoms with Crippen LogP contribution < -0.4 is 0 Å². The van der Waals surface area contributed by atoms with Gasteiger partial charge in [0.2, 0.25) is 11.8 Å². The minimum absolute atomic E-state index is 0.215. The van der Waals surface area contributed by atoms with Crippen LogP contribution >= 0.6 is 0 Å². The Morgan fingerprint density at radius 3 is 1.88 bits per heavy atom. The highest BCUT2D eigenvalue weighted by atomic mass is 16.5. The van der Waals surface area contributed by atoms with Gasteiger partial charge in [0.15, 0.2) is 0 Å². The Labute approximate surface area is 147 Å². The Balaban J connectivity index is 2.56. The molecule has 0 N–H and O–H groups in total. The summed E-state index contributed by atoms with van der Waals surface area (Å²) in [6, 6.07) is -0.215. The van der Waals surface area contributed by atoms with E-state index >= 15 is 0 Å². The van der Waals surface area contributed by atoms with Crippen LogP contribution in [0.2, 0.25) is 0 Å². The smallest absolute Gasteiger partial charge is 0.330 e. The zero-order valence-corrected chi connectivity index (χ0v) is 14.8. The average Bonchev–Trinajstić information content (AvgIpc) is 2.58. The first-order chi connectivity index (χ1) is 11.9. The van der Waals surface area contributed by atoms with E-state index in [1.54, 1.807) is 23.6 Å². The fraction of sp³-hybridized carbons (Fsp3) is 0.529. The first-order valence-electron chi connectivity index (χ1n) is 8.18. The molecular formula is C17H24N2O6. The van der Waals surface area contributed by atoms with Gasteiger partial charge in [0.1, 0.15) is 0 Å². The molecule has 0 aromatic carbocycles. The Bertz CT molecular complexity index is 569. The van der Waals surface area contributed by atoms with Crippen molar-refractivity contribution in [3.63, 3.8) is 0 Å². The summed E-state index contributed by atoms with van der Waals surface area (Å²) in [7, 11) is 0. The van der Waals surface area contributed by atoms with Crippen LogP contribution in [0, 0.1) is 0 Å². The van der Waals surface area contributed by atoms with E-state index < -0.39 is 11.9 Å². The monoisotopic (exact) mass is 352 g/mol. The molecule has 1 fully saturated rings. The molecule has 1 rings (SSSR count). The van der Waals surface area contributed by atoms with Crippen molar-refractivity contribution in [2.75, 3.05) is 32.8 Å². The third kappa shape index (κ3) is 6.78. The van der Waals surface area contributed by atoms with Crippen LogP contribution in [0.25, 0.3) is 0 Å². The molecule has 0 aliphatic carbocycles. The molecule has 1 heterocycles. The average molecular weight is 352 g/mol. The fourth-order valence-corrected chi connectivity index (χ4v) is 2.35. The number of piperazine rings is 1. The maximum Gasteiger partial charge on any atom is 0.330 e. The van der Waals surface area contributed by atoms with Crippen molar-refractivity contribution in [2.24, 2.45) is 0 Å². The summed E-state index contributed by atoms with van der Waals surface area (Å²) in [6.45, 7) is 6.68. The summed E-state index contributed by atoms with van der Waals surface area (Å²) in [4.78, 5) is 49.8. The molecule has 138 valence electrons. The summed E-state index contributed by atoms with van der Waals surface area (Å²) in [5, 5.41) is 0. The molecule has 0 saturated carbocycles. The summed E-state index contributed by atoms with van der Waals surface area (Å²) >= 11 is 0. The van der Waals surface area contributed by atoms with Gasteiger partial charge >= 0.3 is 11.9 Å². The number of nitrogens with zero attached hydrogens (tertiary/aromatic N) is 2. The van der Waals surface area contributed by atoms with E-state index in [1.165, 1.54) is 12.2 Å². The van der Waals surface area contributed by atoms with Crippen LogP contribution in [-0.2, 0) is 28.7 Å². The van der Waals surface area contributed by atoms with Gasteiger partial charge in [-0.05, 0) is 20.8 Å². The van der Waals surface area contributed by atoms with Gasteiger partial charge in [0, 0.05) is 50.0 Å². The summed E-state index contributed by atoms with van der Waals surface area (Å²) in [5.74, 6) is -1.76. The summed E-state index contributed by atoms with van der Waals surface area (Å²) in [6.07, 6.45) is 4.53. The summed E-state index contributed by atoms with van der Waals surface area (Å²) < 4.78 is 9.44. The number of carbonyl (C=O) groups excluding carboxylic acids is 4. The minimum Gasteiger partial charge on any atom is -0.463 e. The van der Waals surface area contributed by atoms with Crippen LogP contribution in [0.5, 0.6) is 0 Å². The zero-order valence-electron chi connectivity index (χ0n) is 14.8. The number of rotatable bonds is 6. The predicted molar refractivity (Wildman–Crippen MR) is 89.3 cm³/mol. The molecule has 0 spiro atoms. The lowest BCUT2D eigenvalue weighted by molar-refractivity contribution is -0.139. The quantitative estimate of drug-likeness (QED) is 0.504. The molecule has 0 aromatic rings. The Hall–Kier alpha value is -2.64. The molecule has 1 unspecified atom stereocenters. The van der Waals surface area contributed by atoms with Gasteiger partial charge in [0.25, 0.3) is 0 Å². The van der Waals surface area contributed by atoms with Crippen molar-refractivity contribution in [1.29, 1.82) is 0 Å². The highest BCUT2D eigenvalue weighted by Crippen LogP contribution is 2.11. The maximum atomic E-state index is 12.1. The van der Waals surface area contributed by atoms with E-state index in [1.807, 2.05) is 6.92 Å². The van der Waals surface area contributed by atoms with Crippen LogP contribution in [0.1, 0.15) is 20.8 Å². The molecule has 0 bridgehead atoms. The number of ether oxygens (including phenoxy) is 2. The number of amides is 2. The van der Waals surface area contributed by atoms with Gasteiger partial charge in [0.05, 0.1) is 13.2 Å². The number of hydrogen-bond acceptors (Lipinski definition) is 6. The topological polar surface area (TPSA) is 93.2 Å². The predicted octanol–water partition coefficient (Wildman–Crippen LogP) is 0.284. The van der Waals surface area contributed by atoms with Crippen molar-refractivity contribution in [1.82, 2.24) is 9.80 Å². The van der Waals surface area contributed by atoms with Crippen molar-refractivity contribution in [2.45, 2.75) is 26.8 Å². The van der Waals surface area contributed by atoms with Crippen LogP contribution in [0.4, 0.5) is 0 Å². The molecule has 25 heavy (non-hydrogen) atoms. The fourth-order valence-electron chi connectivity index (χ4n) is 2.35. The second kappa shape index (κ2) is 10.3. The molecule has 1 atom stereocenters. The molecule has 1 aliphatic rings. The van der Waals surface area contributed by atoms with E-state index in [4.69, 9.17) is 9.47 Å². The molecule has 8 nitrogen and oxygen atoms in total. The van der Waals surface area contributed by atoms with Crippen molar-refractivity contribution in [3.8, 4) is 0 Å². The first kappa shape index (κ1) is 20.4. The highest BCUT2D eigenvalue weighted by Gasteiger charge is 2.28. The van der Waals surface area contributed by atoms with E-state index in [0.717, 1.165) is 12.2 Å². The van der Waals surface area contributed by atoms with Crippen molar-refractivity contribution < 1.29 is 28.7 Å². The van der Waals surface area contributed by atoms with E-state index in [-0.39, 0.29) is 31.1 Å². The highest BCUT2D eigenvalue weighted by molar-refractivity contribution is 5.96. The number of hydrogen-bond donors (Lipinski definition) is 0. The first-order valence-corrected chi connectivity index (χ1v) is 8.18. The van der Waals surface area contributed by atoms with Crippen molar-refractivity contribution in [3.05, 3.63) is 24.3 Å². The van der Waals surface area contributed by atoms with Gasteiger partial charge < -0.3 is 19.3 Å². The van der Waals surface area contributed by atoms with E-state index in [2.05, 4.69) is 0 Å². The number of carbonyl (C=O) groups is 4. The number of esters is 2. The second-order valence-electron chi connectivity index (χ2n) is 5.34. The van der Waals surface area contributed by atoms with Gasteiger partial charge in [-0.15, -0.1) is 0 Å². The molecule has 0 aromatic heterocycles. The lowest BCUT2D eigenvalue weighted by atomic mass is 10.1. The van der Waals surface area contributed by atoms with Gasteiger partial charge in [-0.2, -0.15) is 0 Å². The molecule has 8 heteroatoms. The Kier molecular flexibility index (Phi) is 8.38. The lowest BCUT2D eigenvalue weighted by Crippen LogP contribution is -2.54. The molecule has 1 aliphatic heterocycles. The molecule has 1 saturated heterocycles. The minimum atomic E-state index is -0.568. The van der Waals surface area contributed by atoms with E-state index in [9.17, 15) is 19.2 Å². The molecular weight excluding hydrogens is 328 g/mol. The molecule has 2 amide bonds. The van der Waals surface area contributed by atoms with Gasteiger partial charge in [-0.25, -0.2) is 9.59 Å². The standard InChI is InChI=1S/C17H24N2O6/c1-4-24-16(22)8-6-14(20)18-10-11-19(13(3)12-18)15(21)7-9-17(23)25-5-2/h6-9,13H,4-5,10-12H2,1-3H3. The van der Waals surface area contributed by atoms with Crippen LogP contribution in [-0.4, -0.2) is 72.4 Å².